The van der Waals surface area contributed by atoms with Crippen molar-refractivity contribution in [3.8, 4) is 0 Å². The van der Waals surface area contributed by atoms with Crippen LogP contribution in [-0.4, -0.2) is 37.2 Å². The van der Waals surface area contributed by atoms with Gasteiger partial charge in [0, 0.05) is 6.54 Å². The van der Waals surface area contributed by atoms with E-state index in [1.54, 1.807) is 0 Å². The molecule has 1 saturated heterocycles. The number of carbonyl (C=O) groups is 2. The Bertz CT molecular complexity index is 282. The average molecular weight is 229 g/mol. The summed E-state index contributed by atoms with van der Waals surface area (Å²) in [7, 11) is 1.35. The van der Waals surface area contributed by atoms with Gasteiger partial charge in [-0.15, -0.1) is 0 Å². The molecule has 1 fully saturated rings. The van der Waals surface area contributed by atoms with E-state index in [1.165, 1.54) is 7.11 Å². The summed E-state index contributed by atoms with van der Waals surface area (Å²) < 4.78 is 9.86. The summed E-state index contributed by atoms with van der Waals surface area (Å²) in [5.74, 6) is -0.833. The molecule has 1 rings (SSSR count). The van der Waals surface area contributed by atoms with E-state index in [9.17, 15) is 9.59 Å². The van der Waals surface area contributed by atoms with E-state index >= 15 is 0 Å². The van der Waals surface area contributed by atoms with Crippen LogP contribution in [0.1, 0.15) is 27.2 Å². The number of rotatable bonds is 2. The molecule has 0 amide bonds. The van der Waals surface area contributed by atoms with Crippen molar-refractivity contribution >= 4 is 11.9 Å². The van der Waals surface area contributed by atoms with Crippen molar-refractivity contribution in [2.45, 2.75) is 38.8 Å². The van der Waals surface area contributed by atoms with Crippen LogP contribution in [0.5, 0.6) is 0 Å². The Labute approximate surface area is 95.5 Å². The van der Waals surface area contributed by atoms with Crippen LogP contribution in [0.3, 0.4) is 0 Å². The minimum absolute atomic E-state index is 0.248. The molecule has 92 valence electrons. The van der Waals surface area contributed by atoms with Crippen LogP contribution in [0.25, 0.3) is 0 Å². The van der Waals surface area contributed by atoms with E-state index in [4.69, 9.17) is 4.74 Å². The fourth-order valence-corrected chi connectivity index (χ4v) is 1.63. The maximum Gasteiger partial charge on any atom is 0.323 e. The minimum Gasteiger partial charge on any atom is -0.469 e. The van der Waals surface area contributed by atoms with E-state index in [0.29, 0.717) is 13.0 Å². The van der Waals surface area contributed by atoms with Gasteiger partial charge in [-0.05, 0) is 27.2 Å². The molecule has 1 aliphatic rings. The topological polar surface area (TPSA) is 64.6 Å². The molecule has 0 spiro atoms. The second-order valence-corrected chi connectivity index (χ2v) is 4.95. The largest absolute Gasteiger partial charge is 0.469 e. The maximum absolute atomic E-state index is 11.7. The number of methoxy groups -OCH3 is 1. The second kappa shape index (κ2) is 4.82. The molecule has 0 aromatic rings. The molecule has 16 heavy (non-hydrogen) atoms. The third kappa shape index (κ3) is 3.48. The molecule has 0 saturated carbocycles. The van der Waals surface area contributed by atoms with Crippen LogP contribution in [0.2, 0.25) is 0 Å². The van der Waals surface area contributed by atoms with Crippen LogP contribution in [0.4, 0.5) is 0 Å². The molecule has 0 aliphatic carbocycles. The first-order chi connectivity index (χ1) is 7.33. The van der Waals surface area contributed by atoms with Gasteiger partial charge < -0.3 is 14.8 Å². The zero-order valence-electron chi connectivity index (χ0n) is 10.2. The smallest absolute Gasteiger partial charge is 0.323 e. The summed E-state index contributed by atoms with van der Waals surface area (Å²) >= 11 is 0. The fourth-order valence-electron chi connectivity index (χ4n) is 1.63. The summed E-state index contributed by atoms with van der Waals surface area (Å²) in [6.45, 7) is 5.92. The molecule has 1 N–H and O–H groups in total. The number of esters is 2. The zero-order chi connectivity index (χ0) is 12.3. The van der Waals surface area contributed by atoms with E-state index in [0.717, 1.165) is 0 Å². The van der Waals surface area contributed by atoms with Crippen molar-refractivity contribution in [1.82, 2.24) is 5.32 Å². The van der Waals surface area contributed by atoms with Gasteiger partial charge in [0.2, 0.25) is 0 Å². The predicted molar refractivity (Wildman–Crippen MR) is 57.8 cm³/mol. The zero-order valence-corrected chi connectivity index (χ0v) is 10.2. The van der Waals surface area contributed by atoms with Crippen LogP contribution in [-0.2, 0) is 19.1 Å². The van der Waals surface area contributed by atoms with E-state index in [1.807, 2.05) is 20.8 Å². The SMILES string of the molecule is COC(=O)[C@H]1CN[C@H](C(=O)OC(C)(C)C)C1. The Morgan fingerprint density at radius 3 is 2.38 bits per heavy atom. The molecule has 5 nitrogen and oxygen atoms in total. The van der Waals surface area contributed by atoms with Gasteiger partial charge in [-0.2, -0.15) is 0 Å². The Hall–Kier alpha value is -1.10. The van der Waals surface area contributed by atoms with E-state index < -0.39 is 11.6 Å². The summed E-state index contributed by atoms with van der Waals surface area (Å²) in [4.78, 5) is 22.9. The Morgan fingerprint density at radius 2 is 1.88 bits per heavy atom. The van der Waals surface area contributed by atoms with Gasteiger partial charge in [-0.1, -0.05) is 0 Å². The van der Waals surface area contributed by atoms with Crippen molar-refractivity contribution in [2.24, 2.45) is 5.92 Å². The summed E-state index contributed by atoms with van der Waals surface area (Å²) in [6, 6.07) is -0.400. The highest BCUT2D eigenvalue weighted by Gasteiger charge is 2.36. The van der Waals surface area contributed by atoms with Gasteiger partial charge in [0.05, 0.1) is 13.0 Å². The Balaban J connectivity index is 2.47. The monoisotopic (exact) mass is 229 g/mol. The molecule has 2 atom stereocenters. The lowest BCUT2D eigenvalue weighted by Gasteiger charge is -2.22. The molecule has 0 unspecified atom stereocenters. The fraction of sp³-hybridized carbons (Fsp3) is 0.818. The average Bonchev–Trinajstić information content (AvgIpc) is 2.62. The van der Waals surface area contributed by atoms with Crippen LogP contribution >= 0.6 is 0 Å². The van der Waals surface area contributed by atoms with Crippen LogP contribution in [0.15, 0.2) is 0 Å². The van der Waals surface area contributed by atoms with E-state index in [-0.39, 0.29) is 17.9 Å². The molecular formula is C11H19NO4. The molecule has 0 bridgehead atoms. The van der Waals surface area contributed by atoms with Crippen LogP contribution < -0.4 is 5.32 Å². The number of hydrogen-bond acceptors (Lipinski definition) is 5. The number of ether oxygens (including phenoxy) is 2. The number of nitrogens with one attached hydrogen (secondary N) is 1. The standard InChI is InChI=1S/C11H19NO4/c1-11(2,3)16-10(14)8-5-7(6-12-8)9(13)15-4/h7-8,12H,5-6H2,1-4H3/t7-,8+/m1/s1. The Kier molecular flexibility index (Phi) is 3.91. The van der Waals surface area contributed by atoms with Gasteiger partial charge in [0.1, 0.15) is 11.6 Å². The lowest BCUT2D eigenvalue weighted by atomic mass is 10.1. The van der Waals surface area contributed by atoms with Gasteiger partial charge in [0.25, 0.3) is 0 Å². The first kappa shape index (κ1) is 13.0. The van der Waals surface area contributed by atoms with Crippen molar-refractivity contribution < 1.29 is 19.1 Å². The highest BCUT2D eigenvalue weighted by Crippen LogP contribution is 2.18. The third-order valence-electron chi connectivity index (χ3n) is 2.36. The maximum atomic E-state index is 11.7. The molecule has 0 aromatic heterocycles. The van der Waals surface area contributed by atoms with Gasteiger partial charge >= 0.3 is 11.9 Å². The Morgan fingerprint density at radius 1 is 1.25 bits per heavy atom. The van der Waals surface area contributed by atoms with E-state index in [2.05, 4.69) is 10.1 Å². The summed E-state index contributed by atoms with van der Waals surface area (Å²) in [5.41, 5.74) is -0.498. The highest BCUT2D eigenvalue weighted by atomic mass is 16.6. The predicted octanol–water partition coefficient (Wildman–Crippen LogP) is 0.479. The first-order valence-corrected chi connectivity index (χ1v) is 5.37. The third-order valence-corrected chi connectivity index (χ3v) is 2.36. The molecule has 5 heteroatoms. The number of hydrogen-bond donors (Lipinski definition) is 1. The van der Waals surface area contributed by atoms with Gasteiger partial charge in [-0.3, -0.25) is 9.59 Å². The quantitative estimate of drug-likeness (QED) is 0.698. The lowest BCUT2D eigenvalue weighted by Crippen LogP contribution is -2.37. The molecule has 0 radical (unpaired) electrons. The van der Waals surface area contributed by atoms with Crippen LogP contribution in [0, 0.1) is 5.92 Å². The van der Waals surface area contributed by atoms with Crippen molar-refractivity contribution in [1.29, 1.82) is 0 Å². The lowest BCUT2D eigenvalue weighted by molar-refractivity contribution is -0.157. The normalized spacial score (nSPS) is 25.2. The molecule has 1 heterocycles. The first-order valence-electron chi connectivity index (χ1n) is 5.37. The summed E-state index contributed by atoms with van der Waals surface area (Å²) in [6.07, 6.45) is 0.446. The molecular weight excluding hydrogens is 210 g/mol. The second-order valence-electron chi connectivity index (χ2n) is 4.95. The number of carbonyl (C=O) groups excluding carboxylic acids is 2. The highest BCUT2D eigenvalue weighted by molar-refractivity contribution is 5.80. The van der Waals surface area contributed by atoms with Gasteiger partial charge in [0.15, 0.2) is 0 Å². The molecule has 0 aromatic carbocycles. The summed E-state index contributed by atoms with van der Waals surface area (Å²) in [5, 5.41) is 2.97. The van der Waals surface area contributed by atoms with Gasteiger partial charge in [-0.25, -0.2) is 0 Å². The van der Waals surface area contributed by atoms with Crippen molar-refractivity contribution in [3.63, 3.8) is 0 Å². The molecule has 1 aliphatic heterocycles. The van der Waals surface area contributed by atoms with Crippen molar-refractivity contribution in [3.05, 3.63) is 0 Å². The minimum atomic E-state index is -0.498. The van der Waals surface area contributed by atoms with Crippen molar-refractivity contribution in [2.75, 3.05) is 13.7 Å².